The molecular weight excluding hydrogens is 280 g/mol. The van der Waals surface area contributed by atoms with Crippen LogP contribution in [0.4, 0.5) is 5.82 Å². The molecule has 0 bridgehead atoms. The molecule has 3 aromatic rings. The largest absolute Gasteiger partial charge is 0.367 e. The Hall–Kier alpha value is -1.98. The van der Waals surface area contributed by atoms with Crippen LogP contribution in [0.2, 0.25) is 0 Å². The van der Waals surface area contributed by atoms with Gasteiger partial charge in [0.2, 0.25) is 0 Å². The Balaban J connectivity index is 1.80. The minimum atomic E-state index is 0.302. The first kappa shape index (κ1) is 14.0. The van der Waals surface area contributed by atoms with E-state index in [-0.39, 0.29) is 0 Å². The predicted octanol–water partition coefficient (Wildman–Crippen LogP) is 3.41. The van der Waals surface area contributed by atoms with Crippen LogP contribution >= 0.6 is 11.3 Å². The lowest BCUT2D eigenvalue weighted by molar-refractivity contribution is 0.311. The van der Waals surface area contributed by atoms with Crippen LogP contribution in [0, 0.1) is 0 Å². The van der Waals surface area contributed by atoms with E-state index in [1.54, 1.807) is 17.7 Å². The third kappa shape index (κ3) is 3.04. The third-order valence-corrected chi connectivity index (χ3v) is 4.42. The summed E-state index contributed by atoms with van der Waals surface area (Å²) >= 11 is 1.67. The number of hydrogen-bond acceptors (Lipinski definition) is 5. The Bertz CT molecular complexity index is 708. The normalized spacial score (nSPS) is 12.7. The monoisotopic (exact) mass is 298 g/mol. The maximum absolute atomic E-state index is 4.37. The molecule has 1 aromatic carbocycles. The van der Waals surface area contributed by atoms with Crippen LogP contribution in [0.25, 0.3) is 10.2 Å². The van der Waals surface area contributed by atoms with E-state index in [0.717, 1.165) is 22.6 Å². The summed E-state index contributed by atoms with van der Waals surface area (Å²) in [6.45, 7) is 0.807. The Morgan fingerprint density at radius 2 is 1.95 bits per heavy atom. The summed E-state index contributed by atoms with van der Waals surface area (Å²) in [5, 5.41) is 5.52. The van der Waals surface area contributed by atoms with E-state index in [1.807, 2.05) is 17.5 Å². The van der Waals surface area contributed by atoms with E-state index in [4.69, 9.17) is 0 Å². The first-order chi connectivity index (χ1) is 10.3. The molecule has 0 saturated heterocycles. The molecule has 0 amide bonds. The van der Waals surface area contributed by atoms with Crippen molar-refractivity contribution in [3.63, 3.8) is 0 Å². The second-order valence-corrected chi connectivity index (χ2v) is 6.04. The zero-order chi connectivity index (χ0) is 14.7. The molecule has 0 radical (unpaired) electrons. The number of nitrogens with one attached hydrogen (secondary N) is 1. The topological polar surface area (TPSA) is 41.0 Å². The lowest BCUT2D eigenvalue weighted by Gasteiger charge is -2.25. The molecule has 0 aliphatic rings. The van der Waals surface area contributed by atoms with Gasteiger partial charge in [0.25, 0.3) is 0 Å². The molecule has 2 heterocycles. The van der Waals surface area contributed by atoms with Gasteiger partial charge in [-0.2, -0.15) is 0 Å². The molecule has 1 unspecified atom stereocenters. The molecule has 3 rings (SSSR count). The zero-order valence-corrected chi connectivity index (χ0v) is 13.0. The van der Waals surface area contributed by atoms with Crippen molar-refractivity contribution in [3.8, 4) is 0 Å². The standard InChI is InChI=1S/C16H18N4S/c1-20(2)14(12-6-4-3-5-7-12)10-17-16-15-13(8-9-21-15)18-11-19-16/h3-9,11,14H,10H2,1-2H3,(H,17,18,19). The molecule has 1 N–H and O–H groups in total. The lowest BCUT2D eigenvalue weighted by Crippen LogP contribution is -2.27. The van der Waals surface area contributed by atoms with E-state index in [9.17, 15) is 0 Å². The number of anilines is 1. The number of rotatable bonds is 5. The molecule has 4 nitrogen and oxygen atoms in total. The summed E-state index contributed by atoms with van der Waals surface area (Å²) in [4.78, 5) is 10.9. The highest BCUT2D eigenvalue weighted by Gasteiger charge is 2.14. The number of fused-ring (bicyclic) bond motifs is 1. The van der Waals surface area contributed by atoms with Crippen molar-refractivity contribution in [1.29, 1.82) is 0 Å². The Kier molecular flexibility index (Phi) is 4.13. The molecule has 1 atom stereocenters. The third-order valence-electron chi connectivity index (χ3n) is 3.51. The minimum absolute atomic E-state index is 0.302. The summed E-state index contributed by atoms with van der Waals surface area (Å²) in [7, 11) is 4.19. The number of hydrogen-bond donors (Lipinski definition) is 1. The van der Waals surface area contributed by atoms with Crippen LogP contribution in [-0.2, 0) is 0 Å². The zero-order valence-electron chi connectivity index (χ0n) is 12.2. The molecular formula is C16H18N4S. The summed E-state index contributed by atoms with van der Waals surface area (Å²) in [5.74, 6) is 0.915. The first-order valence-electron chi connectivity index (χ1n) is 6.89. The van der Waals surface area contributed by atoms with Gasteiger partial charge in [0.05, 0.1) is 16.3 Å². The Morgan fingerprint density at radius 3 is 2.71 bits per heavy atom. The highest BCUT2D eigenvalue weighted by atomic mass is 32.1. The summed E-state index contributed by atoms with van der Waals surface area (Å²) in [6.07, 6.45) is 1.62. The molecule has 0 fully saturated rings. The highest BCUT2D eigenvalue weighted by molar-refractivity contribution is 7.17. The smallest absolute Gasteiger partial charge is 0.147 e. The fourth-order valence-electron chi connectivity index (χ4n) is 2.38. The van der Waals surface area contributed by atoms with Gasteiger partial charge in [0.1, 0.15) is 12.1 Å². The van der Waals surface area contributed by atoms with Crippen LogP contribution in [0.15, 0.2) is 48.1 Å². The van der Waals surface area contributed by atoms with E-state index >= 15 is 0 Å². The van der Waals surface area contributed by atoms with Crippen molar-refractivity contribution < 1.29 is 0 Å². The molecule has 0 saturated carbocycles. The molecule has 5 heteroatoms. The lowest BCUT2D eigenvalue weighted by atomic mass is 10.1. The SMILES string of the molecule is CN(C)C(CNc1ncnc2ccsc12)c1ccccc1. The molecule has 0 spiro atoms. The van der Waals surface area contributed by atoms with Gasteiger partial charge in [-0.25, -0.2) is 9.97 Å². The van der Waals surface area contributed by atoms with E-state index < -0.39 is 0 Å². The van der Waals surface area contributed by atoms with Gasteiger partial charge >= 0.3 is 0 Å². The van der Waals surface area contributed by atoms with Crippen molar-refractivity contribution in [2.75, 3.05) is 26.0 Å². The number of benzene rings is 1. The van der Waals surface area contributed by atoms with Crippen LogP contribution in [0.5, 0.6) is 0 Å². The van der Waals surface area contributed by atoms with Gasteiger partial charge in [-0.1, -0.05) is 30.3 Å². The van der Waals surface area contributed by atoms with Crippen LogP contribution in [0.1, 0.15) is 11.6 Å². The second-order valence-electron chi connectivity index (χ2n) is 5.13. The Morgan fingerprint density at radius 1 is 1.14 bits per heavy atom. The molecule has 0 aliphatic heterocycles. The van der Waals surface area contributed by atoms with Crippen molar-refractivity contribution >= 4 is 27.4 Å². The van der Waals surface area contributed by atoms with Gasteiger partial charge < -0.3 is 10.2 Å². The summed E-state index contributed by atoms with van der Waals surface area (Å²) in [6, 6.07) is 12.8. The fraction of sp³-hybridized carbons (Fsp3) is 0.250. The number of thiophene rings is 1. The summed E-state index contributed by atoms with van der Waals surface area (Å²) < 4.78 is 1.11. The molecule has 0 aliphatic carbocycles. The van der Waals surface area contributed by atoms with Gasteiger partial charge in [-0.05, 0) is 31.1 Å². The van der Waals surface area contributed by atoms with Crippen molar-refractivity contribution in [3.05, 3.63) is 53.7 Å². The highest BCUT2D eigenvalue weighted by Crippen LogP contribution is 2.26. The van der Waals surface area contributed by atoms with Crippen molar-refractivity contribution in [2.45, 2.75) is 6.04 Å². The van der Waals surface area contributed by atoms with Gasteiger partial charge in [-0.3, -0.25) is 0 Å². The maximum Gasteiger partial charge on any atom is 0.147 e. The molecule has 21 heavy (non-hydrogen) atoms. The van der Waals surface area contributed by atoms with Gasteiger partial charge in [0.15, 0.2) is 0 Å². The maximum atomic E-state index is 4.37. The van der Waals surface area contributed by atoms with E-state index in [1.165, 1.54) is 5.56 Å². The molecule has 108 valence electrons. The molecule has 2 aromatic heterocycles. The van der Waals surface area contributed by atoms with Crippen LogP contribution in [-0.4, -0.2) is 35.5 Å². The van der Waals surface area contributed by atoms with E-state index in [0.29, 0.717) is 6.04 Å². The summed E-state index contributed by atoms with van der Waals surface area (Å²) in [5.41, 5.74) is 2.30. The predicted molar refractivity (Wildman–Crippen MR) is 88.8 cm³/mol. The Labute approximate surface area is 128 Å². The van der Waals surface area contributed by atoms with Gasteiger partial charge in [-0.15, -0.1) is 11.3 Å². The number of aromatic nitrogens is 2. The van der Waals surface area contributed by atoms with Crippen LogP contribution in [0.3, 0.4) is 0 Å². The average molecular weight is 298 g/mol. The number of nitrogens with zero attached hydrogens (tertiary/aromatic N) is 3. The quantitative estimate of drug-likeness (QED) is 0.784. The number of likely N-dealkylation sites (N-methyl/N-ethyl adjacent to an activating group) is 1. The first-order valence-corrected chi connectivity index (χ1v) is 7.77. The fourth-order valence-corrected chi connectivity index (χ4v) is 3.19. The second kappa shape index (κ2) is 6.20. The van der Waals surface area contributed by atoms with Crippen molar-refractivity contribution in [1.82, 2.24) is 14.9 Å². The average Bonchev–Trinajstić information content (AvgIpc) is 2.97. The van der Waals surface area contributed by atoms with Crippen LogP contribution < -0.4 is 5.32 Å². The minimum Gasteiger partial charge on any atom is -0.367 e. The van der Waals surface area contributed by atoms with Gasteiger partial charge in [0, 0.05) is 6.54 Å². The van der Waals surface area contributed by atoms with Crippen molar-refractivity contribution in [2.24, 2.45) is 0 Å². The van der Waals surface area contributed by atoms with E-state index in [2.05, 4.69) is 58.5 Å².